The molecule has 2 aromatic carbocycles. The second kappa shape index (κ2) is 6.59. The molecule has 2 N–H and O–H groups in total. The third-order valence-electron chi connectivity index (χ3n) is 4.18. The summed E-state index contributed by atoms with van der Waals surface area (Å²) in [6.07, 6.45) is 0.266. The summed E-state index contributed by atoms with van der Waals surface area (Å²) >= 11 is 0. The fraction of sp³-hybridized carbons (Fsp3) is 0.263. The number of benzene rings is 2. The average molecular weight is 354 g/mol. The number of fused-ring (bicyclic) bond motifs is 2. The Hall–Kier alpha value is -3.22. The van der Waals surface area contributed by atoms with Crippen LogP contribution in [0.25, 0.3) is 0 Å². The molecule has 0 spiro atoms. The Morgan fingerprint density at radius 2 is 1.85 bits per heavy atom. The highest BCUT2D eigenvalue weighted by Crippen LogP contribution is 2.33. The molecule has 2 aliphatic heterocycles. The minimum Gasteiger partial charge on any atom is -0.490 e. The molecule has 2 amide bonds. The van der Waals surface area contributed by atoms with Crippen molar-refractivity contribution in [2.75, 3.05) is 23.8 Å². The predicted octanol–water partition coefficient (Wildman–Crippen LogP) is 2.82. The molecular formula is C19H18N2O5. The summed E-state index contributed by atoms with van der Waals surface area (Å²) in [5, 5.41) is 5.57. The lowest BCUT2D eigenvalue weighted by atomic mass is 10.1. The highest BCUT2D eigenvalue weighted by atomic mass is 16.5. The van der Waals surface area contributed by atoms with Gasteiger partial charge in [0.25, 0.3) is 11.8 Å². The van der Waals surface area contributed by atoms with Crippen LogP contribution in [0, 0.1) is 0 Å². The summed E-state index contributed by atoms with van der Waals surface area (Å²) < 4.78 is 16.7. The Labute approximate surface area is 150 Å². The van der Waals surface area contributed by atoms with Crippen molar-refractivity contribution in [3.63, 3.8) is 0 Å². The zero-order chi connectivity index (χ0) is 18.1. The molecule has 2 aliphatic rings. The quantitative estimate of drug-likeness (QED) is 0.866. The molecule has 2 aromatic rings. The smallest absolute Gasteiger partial charge is 0.265 e. The second-order valence-electron chi connectivity index (χ2n) is 6.13. The van der Waals surface area contributed by atoms with Gasteiger partial charge in [0.05, 0.1) is 18.9 Å². The normalized spacial score (nSPS) is 18.0. The van der Waals surface area contributed by atoms with Crippen LogP contribution in [0.5, 0.6) is 17.2 Å². The first-order chi connectivity index (χ1) is 12.6. The van der Waals surface area contributed by atoms with E-state index in [2.05, 4.69) is 10.6 Å². The molecule has 0 saturated carbocycles. The number of nitrogens with one attached hydrogen (secondary N) is 2. The summed E-state index contributed by atoms with van der Waals surface area (Å²) in [5.74, 6) is 1.28. The lowest BCUT2D eigenvalue weighted by Crippen LogP contribution is -2.34. The number of hydrogen-bond donors (Lipinski definition) is 2. The van der Waals surface area contributed by atoms with Crippen LogP contribution >= 0.6 is 0 Å². The number of hydrogen-bond acceptors (Lipinski definition) is 5. The van der Waals surface area contributed by atoms with Crippen LogP contribution in [-0.2, 0) is 4.79 Å². The zero-order valence-corrected chi connectivity index (χ0v) is 14.2. The van der Waals surface area contributed by atoms with E-state index in [1.54, 1.807) is 43.3 Å². The standard InChI is InChI=1S/C19H18N2O5/c1-11-18(22)21-14-10-13(4-6-15(14)26-11)20-19(23)12-3-5-16-17(9-12)25-8-2-7-24-16/h3-6,9-11H,2,7-8H2,1H3,(H,20,23)(H,21,22)/t11-/m0/s1. The fourth-order valence-electron chi connectivity index (χ4n) is 2.79. The molecule has 26 heavy (non-hydrogen) atoms. The second-order valence-corrected chi connectivity index (χ2v) is 6.13. The lowest BCUT2D eigenvalue weighted by Gasteiger charge is -2.23. The van der Waals surface area contributed by atoms with Gasteiger partial charge in [0.15, 0.2) is 17.6 Å². The Balaban J connectivity index is 1.53. The maximum absolute atomic E-state index is 12.5. The van der Waals surface area contributed by atoms with E-state index in [-0.39, 0.29) is 11.8 Å². The van der Waals surface area contributed by atoms with E-state index in [0.29, 0.717) is 47.4 Å². The van der Waals surface area contributed by atoms with Crippen LogP contribution in [0.4, 0.5) is 11.4 Å². The van der Waals surface area contributed by atoms with Crippen LogP contribution in [0.2, 0.25) is 0 Å². The van der Waals surface area contributed by atoms with Crippen LogP contribution in [0.1, 0.15) is 23.7 Å². The third kappa shape index (κ3) is 3.15. The molecule has 0 bridgehead atoms. The van der Waals surface area contributed by atoms with Gasteiger partial charge in [-0.2, -0.15) is 0 Å². The molecule has 2 heterocycles. The molecule has 0 aromatic heterocycles. The molecule has 7 heteroatoms. The number of carbonyl (C=O) groups excluding carboxylic acids is 2. The van der Waals surface area contributed by atoms with Crippen molar-refractivity contribution in [2.24, 2.45) is 0 Å². The molecule has 4 rings (SSSR count). The number of anilines is 2. The number of rotatable bonds is 2. The van der Waals surface area contributed by atoms with Gasteiger partial charge in [0.2, 0.25) is 0 Å². The van der Waals surface area contributed by atoms with Crippen LogP contribution < -0.4 is 24.8 Å². The Kier molecular flexibility index (Phi) is 4.12. The van der Waals surface area contributed by atoms with E-state index < -0.39 is 6.10 Å². The van der Waals surface area contributed by atoms with Crippen LogP contribution in [-0.4, -0.2) is 31.1 Å². The van der Waals surface area contributed by atoms with Gasteiger partial charge >= 0.3 is 0 Å². The van der Waals surface area contributed by atoms with E-state index in [1.165, 1.54) is 0 Å². The monoisotopic (exact) mass is 354 g/mol. The number of amides is 2. The van der Waals surface area contributed by atoms with E-state index in [1.807, 2.05) is 0 Å². The van der Waals surface area contributed by atoms with Crippen molar-refractivity contribution in [2.45, 2.75) is 19.4 Å². The summed E-state index contributed by atoms with van der Waals surface area (Å²) in [6, 6.07) is 10.2. The van der Waals surface area contributed by atoms with Crippen LogP contribution in [0.3, 0.4) is 0 Å². The molecular weight excluding hydrogens is 336 g/mol. The van der Waals surface area contributed by atoms with Crippen molar-refractivity contribution in [1.82, 2.24) is 0 Å². The summed E-state index contributed by atoms with van der Waals surface area (Å²) in [6.45, 7) is 2.83. The van der Waals surface area contributed by atoms with Gasteiger partial charge in [-0.05, 0) is 43.3 Å². The molecule has 0 aliphatic carbocycles. The van der Waals surface area contributed by atoms with Crippen molar-refractivity contribution >= 4 is 23.2 Å². The minimum atomic E-state index is -0.537. The zero-order valence-electron chi connectivity index (χ0n) is 14.2. The van der Waals surface area contributed by atoms with Crippen molar-refractivity contribution in [1.29, 1.82) is 0 Å². The molecule has 0 saturated heterocycles. The van der Waals surface area contributed by atoms with Gasteiger partial charge in [-0.1, -0.05) is 0 Å². The largest absolute Gasteiger partial charge is 0.490 e. The first-order valence-electron chi connectivity index (χ1n) is 8.43. The fourth-order valence-corrected chi connectivity index (χ4v) is 2.79. The number of carbonyl (C=O) groups is 2. The van der Waals surface area contributed by atoms with E-state index in [4.69, 9.17) is 14.2 Å². The topological polar surface area (TPSA) is 85.9 Å². The van der Waals surface area contributed by atoms with Gasteiger partial charge in [-0.15, -0.1) is 0 Å². The SMILES string of the molecule is C[C@@H]1Oc2ccc(NC(=O)c3ccc4c(c3)OCCCO4)cc2NC1=O. The van der Waals surface area contributed by atoms with Crippen LogP contribution in [0.15, 0.2) is 36.4 Å². The average Bonchev–Trinajstić information content (AvgIpc) is 2.87. The van der Waals surface area contributed by atoms with E-state index in [0.717, 1.165) is 6.42 Å². The highest BCUT2D eigenvalue weighted by Gasteiger charge is 2.24. The first-order valence-corrected chi connectivity index (χ1v) is 8.43. The van der Waals surface area contributed by atoms with Gasteiger partial charge in [0, 0.05) is 17.7 Å². The Morgan fingerprint density at radius 1 is 1.08 bits per heavy atom. The van der Waals surface area contributed by atoms with E-state index in [9.17, 15) is 9.59 Å². The minimum absolute atomic E-state index is 0.219. The molecule has 1 atom stereocenters. The molecule has 134 valence electrons. The summed E-state index contributed by atoms with van der Waals surface area (Å²) in [4.78, 5) is 24.3. The predicted molar refractivity (Wildman–Crippen MR) is 95.2 cm³/mol. The maximum Gasteiger partial charge on any atom is 0.265 e. The van der Waals surface area contributed by atoms with Crippen molar-refractivity contribution in [3.05, 3.63) is 42.0 Å². The Morgan fingerprint density at radius 3 is 2.69 bits per heavy atom. The summed E-state index contributed by atoms with van der Waals surface area (Å²) in [5.41, 5.74) is 1.55. The van der Waals surface area contributed by atoms with Gasteiger partial charge in [-0.25, -0.2) is 0 Å². The van der Waals surface area contributed by atoms with Crippen molar-refractivity contribution in [3.8, 4) is 17.2 Å². The summed E-state index contributed by atoms with van der Waals surface area (Å²) in [7, 11) is 0. The number of ether oxygens (including phenoxy) is 3. The van der Waals surface area contributed by atoms with Gasteiger partial charge < -0.3 is 24.8 Å². The maximum atomic E-state index is 12.5. The molecule has 7 nitrogen and oxygen atoms in total. The van der Waals surface area contributed by atoms with Gasteiger partial charge in [-0.3, -0.25) is 9.59 Å². The first kappa shape index (κ1) is 16.3. The van der Waals surface area contributed by atoms with Crippen molar-refractivity contribution < 1.29 is 23.8 Å². The Bertz CT molecular complexity index is 880. The van der Waals surface area contributed by atoms with E-state index >= 15 is 0 Å². The third-order valence-corrected chi connectivity index (χ3v) is 4.18. The highest BCUT2D eigenvalue weighted by molar-refractivity contribution is 6.05. The molecule has 0 fully saturated rings. The molecule has 0 radical (unpaired) electrons. The van der Waals surface area contributed by atoms with Gasteiger partial charge in [0.1, 0.15) is 5.75 Å². The molecule has 0 unspecified atom stereocenters. The lowest BCUT2D eigenvalue weighted by molar-refractivity contribution is -0.122.